The van der Waals surface area contributed by atoms with Gasteiger partial charge < -0.3 is 19.4 Å². The molecule has 0 aliphatic carbocycles. The second-order valence-corrected chi connectivity index (χ2v) is 7.33. The average Bonchev–Trinajstić information content (AvgIpc) is 3.15. The lowest BCUT2D eigenvalue weighted by molar-refractivity contribution is -0.139. The molecule has 2 aliphatic heterocycles. The molecule has 1 aromatic rings. The average molecular weight is 335 g/mol. The van der Waals surface area contributed by atoms with Gasteiger partial charge in [-0.3, -0.25) is 4.79 Å². The molecule has 3 rings (SSSR count). The number of rotatable bonds is 6. The van der Waals surface area contributed by atoms with Gasteiger partial charge in [0.1, 0.15) is 11.9 Å². The molecule has 6 heteroatoms. The molecule has 24 heavy (non-hydrogen) atoms. The fourth-order valence-electron chi connectivity index (χ4n) is 3.55. The number of fused-ring (bicyclic) bond motifs is 1. The van der Waals surface area contributed by atoms with Crippen LogP contribution in [0, 0.1) is 12.8 Å². The van der Waals surface area contributed by atoms with Gasteiger partial charge in [-0.25, -0.2) is 4.98 Å². The number of amides is 1. The molecule has 0 spiro atoms. The molecular weight excluding hydrogens is 306 g/mol. The standard InChI is InChI=1S/C18H29N3O3/c1-12(2)17(24-11-15-5-4-8-23-15)18(22)20-14-6-7-16-19-13(3)9-21(16)10-14/h9,12,14-15,17H,4-8,10-11H2,1-3H3,(H,20,22). The molecule has 1 aromatic heterocycles. The maximum atomic E-state index is 12.7. The van der Waals surface area contributed by atoms with E-state index in [9.17, 15) is 4.79 Å². The summed E-state index contributed by atoms with van der Waals surface area (Å²) in [6.07, 6.45) is 5.73. The lowest BCUT2D eigenvalue weighted by Gasteiger charge is -2.28. The third-order valence-electron chi connectivity index (χ3n) is 4.81. The van der Waals surface area contributed by atoms with Crippen LogP contribution < -0.4 is 5.32 Å². The lowest BCUT2D eigenvalue weighted by atomic mass is 10.0. The first-order valence-corrected chi connectivity index (χ1v) is 9.09. The van der Waals surface area contributed by atoms with Gasteiger partial charge in [-0.05, 0) is 32.1 Å². The Labute approximate surface area is 143 Å². The molecule has 3 unspecified atom stereocenters. The van der Waals surface area contributed by atoms with Crippen molar-refractivity contribution in [3.63, 3.8) is 0 Å². The molecule has 0 radical (unpaired) electrons. The number of carbonyl (C=O) groups is 1. The number of hydrogen-bond acceptors (Lipinski definition) is 4. The van der Waals surface area contributed by atoms with E-state index in [1.807, 2.05) is 20.8 Å². The summed E-state index contributed by atoms with van der Waals surface area (Å²) in [6.45, 7) is 8.16. The molecule has 1 amide bonds. The van der Waals surface area contributed by atoms with Crippen molar-refractivity contribution in [2.45, 2.75) is 71.2 Å². The smallest absolute Gasteiger partial charge is 0.249 e. The van der Waals surface area contributed by atoms with Gasteiger partial charge in [0, 0.05) is 31.8 Å². The molecule has 0 bridgehead atoms. The number of carbonyl (C=O) groups excluding carboxylic acids is 1. The quantitative estimate of drug-likeness (QED) is 0.861. The number of nitrogens with one attached hydrogen (secondary N) is 1. The molecule has 134 valence electrons. The summed E-state index contributed by atoms with van der Waals surface area (Å²) in [5.41, 5.74) is 1.04. The monoisotopic (exact) mass is 335 g/mol. The summed E-state index contributed by atoms with van der Waals surface area (Å²) in [6, 6.07) is 0.145. The van der Waals surface area contributed by atoms with Crippen molar-refractivity contribution in [3.8, 4) is 0 Å². The molecule has 0 saturated carbocycles. The number of aromatic nitrogens is 2. The first kappa shape index (κ1) is 17.4. The SMILES string of the molecule is Cc1cn2c(n1)CCC(NC(=O)C(OCC1CCCO1)C(C)C)C2. The minimum absolute atomic E-state index is 0.00622. The highest BCUT2D eigenvalue weighted by atomic mass is 16.5. The molecule has 1 fully saturated rings. The van der Waals surface area contributed by atoms with Crippen LogP contribution in [0.25, 0.3) is 0 Å². The van der Waals surface area contributed by atoms with Crippen molar-refractivity contribution in [1.29, 1.82) is 0 Å². The number of ether oxygens (including phenoxy) is 2. The zero-order chi connectivity index (χ0) is 17.1. The molecule has 1 saturated heterocycles. The lowest BCUT2D eigenvalue weighted by Crippen LogP contribution is -2.48. The summed E-state index contributed by atoms with van der Waals surface area (Å²) < 4.78 is 13.6. The van der Waals surface area contributed by atoms with Crippen LogP contribution in [-0.4, -0.2) is 46.9 Å². The molecule has 3 atom stereocenters. The maximum absolute atomic E-state index is 12.7. The van der Waals surface area contributed by atoms with Gasteiger partial charge in [0.2, 0.25) is 5.91 Å². The maximum Gasteiger partial charge on any atom is 0.249 e. The summed E-state index contributed by atoms with van der Waals surface area (Å²) in [4.78, 5) is 17.2. The van der Waals surface area contributed by atoms with Crippen LogP contribution in [-0.2, 0) is 27.2 Å². The fraction of sp³-hybridized carbons (Fsp3) is 0.778. The Morgan fingerprint density at radius 2 is 2.33 bits per heavy atom. The van der Waals surface area contributed by atoms with Gasteiger partial charge in [0.25, 0.3) is 0 Å². The van der Waals surface area contributed by atoms with Crippen LogP contribution in [0.2, 0.25) is 0 Å². The first-order valence-electron chi connectivity index (χ1n) is 9.09. The molecule has 6 nitrogen and oxygen atoms in total. The van der Waals surface area contributed by atoms with E-state index in [1.54, 1.807) is 0 Å². The first-order chi connectivity index (χ1) is 11.5. The molecule has 2 aliphatic rings. The van der Waals surface area contributed by atoms with E-state index in [-0.39, 0.29) is 24.0 Å². The second-order valence-electron chi connectivity index (χ2n) is 7.33. The minimum atomic E-state index is -0.417. The normalized spacial score (nSPS) is 24.8. The van der Waals surface area contributed by atoms with Crippen molar-refractivity contribution >= 4 is 5.91 Å². The summed E-state index contributed by atoms with van der Waals surface area (Å²) in [7, 11) is 0. The van der Waals surface area contributed by atoms with Crippen LogP contribution in [0.15, 0.2) is 6.20 Å². The van der Waals surface area contributed by atoms with Crippen molar-refractivity contribution in [3.05, 3.63) is 17.7 Å². The molecular formula is C18H29N3O3. The van der Waals surface area contributed by atoms with Crippen LogP contribution in [0.4, 0.5) is 0 Å². The summed E-state index contributed by atoms with van der Waals surface area (Å²) >= 11 is 0. The topological polar surface area (TPSA) is 65.4 Å². The Hall–Kier alpha value is -1.40. The van der Waals surface area contributed by atoms with Gasteiger partial charge in [-0.2, -0.15) is 0 Å². The van der Waals surface area contributed by atoms with Gasteiger partial charge in [0.05, 0.1) is 18.4 Å². The Kier molecular flexibility index (Phi) is 5.56. The van der Waals surface area contributed by atoms with Crippen LogP contribution >= 0.6 is 0 Å². The van der Waals surface area contributed by atoms with E-state index in [2.05, 4.69) is 21.1 Å². The molecule has 1 N–H and O–H groups in total. The van der Waals surface area contributed by atoms with E-state index in [0.29, 0.717) is 6.61 Å². The van der Waals surface area contributed by atoms with E-state index < -0.39 is 6.10 Å². The highest BCUT2D eigenvalue weighted by Crippen LogP contribution is 2.18. The zero-order valence-corrected chi connectivity index (χ0v) is 15.0. The largest absolute Gasteiger partial charge is 0.376 e. The summed E-state index contributed by atoms with van der Waals surface area (Å²) in [5, 5.41) is 3.17. The zero-order valence-electron chi connectivity index (χ0n) is 15.0. The fourth-order valence-corrected chi connectivity index (χ4v) is 3.55. The Morgan fingerprint density at radius 3 is 3.04 bits per heavy atom. The Bertz CT molecular complexity index is 564. The highest BCUT2D eigenvalue weighted by Gasteiger charge is 2.29. The third kappa shape index (κ3) is 4.16. The minimum Gasteiger partial charge on any atom is -0.376 e. The van der Waals surface area contributed by atoms with Crippen LogP contribution in [0.3, 0.4) is 0 Å². The summed E-state index contributed by atoms with van der Waals surface area (Å²) in [5.74, 6) is 1.25. The number of imidazole rings is 1. The van der Waals surface area contributed by atoms with Crippen molar-refractivity contribution in [2.75, 3.05) is 13.2 Å². The van der Waals surface area contributed by atoms with Crippen molar-refractivity contribution in [2.24, 2.45) is 5.92 Å². The third-order valence-corrected chi connectivity index (χ3v) is 4.81. The van der Waals surface area contributed by atoms with E-state index >= 15 is 0 Å². The van der Waals surface area contributed by atoms with E-state index in [4.69, 9.17) is 9.47 Å². The van der Waals surface area contributed by atoms with E-state index in [1.165, 1.54) is 0 Å². The predicted octanol–water partition coefficient (Wildman–Crippen LogP) is 1.84. The second kappa shape index (κ2) is 7.66. The molecule has 3 heterocycles. The Balaban J connectivity index is 1.53. The number of nitrogens with zero attached hydrogens (tertiary/aromatic N) is 2. The van der Waals surface area contributed by atoms with Gasteiger partial charge in [-0.15, -0.1) is 0 Å². The van der Waals surface area contributed by atoms with Crippen LogP contribution in [0.5, 0.6) is 0 Å². The van der Waals surface area contributed by atoms with Crippen molar-refractivity contribution in [1.82, 2.24) is 14.9 Å². The number of hydrogen-bond donors (Lipinski definition) is 1. The van der Waals surface area contributed by atoms with Gasteiger partial charge in [0.15, 0.2) is 0 Å². The van der Waals surface area contributed by atoms with Gasteiger partial charge in [-0.1, -0.05) is 13.8 Å². The molecule has 0 aromatic carbocycles. The predicted molar refractivity (Wildman–Crippen MR) is 90.8 cm³/mol. The Morgan fingerprint density at radius 1 is 1.50 bits per heavy atom. The number of aryl methyl sites for hydroxylation is 2. The van der Waals surface area contributed by atoms with E-state index in [0.717, 1.165) is 50.4 Å². The highest BCUT2D eigenvalue weighted by molar-refractivity contribution is 5.81. The van der Waals surface area contributed by atoms with Gasteiger partial charge >= 0.3 is 0 Å². The van der Waals surface area contributed by atoms with Crippen LogP contribution in [0.1, 0.15) is 44.6 Å². The van der Waals surface area contributed by atoms with Crippen molar-refractivity contribution < 1.29 is 14.3 Å².